The molecular weight excluding hydrogens is 384 g/mol. The number of guanidine groups is 1. The highest BCUT2D eigenvalue weighted by molar-refractivity contribution is 9.10. The average Bonchev–Trinajstić information content (AvgIpc) is 3.19. The standard InChI is InChI=1S/C18H25BrN4O2/c1-11-9-12(19)3-5-14(11)22-17(24)7-8-21-18(20-2)23-15-10-13-4-6-16(15)25-13/h3,5,9,13,15-16H,4,6-8,10H2,1-2H3,(H,22,24)(H2,20,21,23). The van der Waals surface area contributed by atoms with E-state index in [-0.39, 0.29) is 5.91 Å². The SMILES string of the molecule is CN=C(NCCC(=O)Nc1ccc(Br)cc1C)NC1CC2CCC1O2. The molecule has 0 spiro atoms. The maximum absolute atomic E-state index is 12.1. The number of amides is 1. The molecule has 0 saturated carbocycles. The summed E-state index contributed by atoms with van der Waals surface area (Å²) in [6.07, 6.45) is 4.41. The van der Waals surface area contributed by atoms with E-state index < -0.39 is 0 Å². The number of aliphatic imine (C=N–C) groups is 1. The van der Waals surface area contributed by atoms with Gasteiger partial charge in [0.25, 0.3) is 0 Å². The van der Waals surface area contributed by atoms with Crippen molar-refractivity contribution in [1.29, 1.82) is 0 Å². The third-order valence-corrected chi connectivity index (χ3v) is 5.25. The molecule has 2 aliphatic heterocycles. The number of nitrogens with one attached hydrogen (secondary N) is 3. The van der Waals surface area contributed by atoms with E-state index in [0.29, 0.717) is 31.2 Å². The van der Waals surface area contributed by atoms with Crippen LogP contribution in [0.3, 0.4) is 0 Å². The van der Waals surface area contributed by atoms with Gasteiger partial charge in [-0.15, -0.1) is 0 Å². The monoisotopic (exact) mass is 408 g/mol. The first-order valence-corrected chi connectivity index (χ1v) is 9.53. The zero-order chi connectivity index (χ0) is 17.8. The highest BCUT2D eigenvalue weighted by Gasteiger charge is 2.41. The van der Waals surface area contributed by atoms with Crippen LogP contribution in [0.2, 0.25) is 0 Å². The Morgan fingerprint density at radius 3 is 2.88 bits per heavy atom. The van der Waals surface area contributed by atoms with E-state index >= 15 is 0 Å². The van der Waals surface area contributed by atoms with E-state index in [1.807, 2.05) is 25.1 Å². The van der Waals surface area contributed by atoms with Crippen LogP contribution in [0, 0.1) is 6.92 Å². The minimum absolute atomic E-state index is 0.0170. The molecule has 2 fully saturated rings. The molecule has 25 heavy (non-hydrogen) atoms. The summed E-state index contributed by atoms with van der Waals surface area (Å²) < 4.78 is 6.85. The molecule has 7 heteroatoms. The van der Waals surface area contributed by atoms with E-state index in [0.717, 1.165) is 34.5 Å². The molecule has 0 radical (unpaired) electrons. The quantitative estimate of drug-likeness (QED) is 0.516. The Labute approximate surface area is 156 Å². The first-order chi connectivity index (χ1) is 12.0. The fourth-order valence-electron chi connectivity index (χ4n) is 3.43. The normalized spacial score (nSPS) is 25.1. The first kappa shape index (κ1) is 18.2. The van der Waals surface area contributed by atoms with Crippen LogP contribution in [0.5, 0.6) is 0 Å². The number of carbonyl (C=O) groups is 1. The topological polar surface area (TPSA) is 74.8 Å². The van der Waals surface area contributed by atoms with E-state index in [2.05, 4.69) is 36.9 Å². The molecule has 136 valence electrons. The van der Waals surface area contributed by atoms with E-state index in [9.17, 15) is 4.79 Å². The van der Waals surface area contributed by atoms with Gasteiger partial charge in [-0.25, -0.2) is 0 Å². The second-order valence-corrected chi connectivity index (χ2v) is 7.53. The summed E-state index contributed by atoms with van der Waals surface area (Å²) in [5, 5.41) is 9.57. The van der Waals surface area contributed by atoms with Crippen LogP contribution in [-0.4, -0.2) is 43.7 Å². The fraction of sp³-hybridized carbons (Fsp3) is 0.556. The minimum atomic E-state index is -0.0170. The van der Waals surface area contributed by atoms with Gasteiger partial charge in [0.15, 0.2) is 5.96 Å². The van der Waals surface area contributed by atoms with E-state index in [1.165, 1.54) is 6.42 Å². The molecule has 3 rings (SSSR count). The lowest BCUT2D eigenvalue weighted by molar-refractivity contribution is -0.116. The molecular formula is C18H25BrN4O2. The molecule has 1 amide bonds. The summed E-state index contributed by atoms with van der Waals surface area (Å²) in [5.41, 5.74) is 1.87. The summed E-state index contributed by atoms with van der Waals surface area (Å²) in [4.78, 5) is 16.4. The Morgan fingerprint density at radius 2 is 2.24 bits per heavy atom. The van der Waals surface area contributed by atoms with Crippen LogP contribution in [0.15, 0.2) is 27.7 Å². The lowest BCUT2D eigenvalue weighted by Crippen LogP contribution is -2.47. The third-order valence-electron chi connectivity index (χ3n) is 4.76. The zero-order valence-electron chi connectivity index (χ0n) is 14.6. The maximum Gasteiger partial charge on any atom is 0.226 e. The average molecular weight is 409 g/mol. The van der Waals surface area contributed by atoms with Crippen molar-refractivity contribution < 1.29 is 9.53 Å². The van der Waals surface area contributed by atoms with Crippen LogP contribution in [-0.2, 0) is 9.53 Å². The highest BCUT2D eigenvalue weighted by Crippen LogP contribution is 2.34. The van der Waals surface area contributed by atoms with Crippen molar-refractivity contribution >= 4 is 33.5 Å². The molecule has 3 atom stereocenters. The number of benzene rings is 1. The van der Waals surface area contributed by atoms with Crippen molar-refractivity contribution in [1.82, 2.24) is 10.6 Å². The molecule has 2 aliphatic rings. The van der Waals surface area contributed by atoms with Crippen LogP contribution >= 0.6 is 15.9 Å². The summed E-state index contributed by atoms with van der Waals surface area (Å²) in [6.45, 7) is 2.50. The molecule has 1 aromatic carbocycles. The molecule has 1 aromatic rings. The predicted octanol–water partition coefficient (Wildman–Crippen LogP) is 2.57. The smallest absolute Gasteiger partial charge is 0.226 e. The Morgan fingerprint density at radius 1 is 1.40 bits per heavy atom. The summed E-state index contributed by atoms with van der Waals surface area (Å²) in [7, 11) is 1.74. The molecule has 3 N–H and O–H groups in total. The second-order valence-electron chi connectivity index (χ2n) is 6.62. The summed E-state index contributed by atoms with van der Waals surface area (Å²) >= 11 is 3.42. The molecule has 2 heterocycles. The number of ether oxygens (including phenoxy) is 1. The molecule has 2 bridgehead atoms. The minimum Gasteiger partial charge on any atom is -0.373 e. The molecule has 2 saturated heterocycles. The summed E-state index contributed by atoms with van der Waals surface area (Å²) in [5.74, 6) is 0.713. The number of nitrogens with zero attached hydrogens (tertiary/aromatic N) is 1. The van der Waals surface area contributed by atoms with E-state index in [4.69, 9.17) is 4.74 Å². The van der Waals surface area contributed by atoms with Crippen LogP contribution < -0.4 is 16.0 Å². The predicted molar refractivity (Wildman–Crippen MR) is 103 cm³/mol. The number of hydrogen-bond donors (Lipinski definition) is 3. The molecule has 0 aliphatic carbocycles. The lowest BCUT2D eigenvalue weighted by Gasteiger charge is -2.22. The van der Waals surface area contributed by atoms with Crippen molar-refractivity contribution in [3.05, 3.63) is 28.2 Å². The van der Waals surface area contributed by atoms with Gasteiger partial charge in [-0.05, 0) is 49.9 Å². The van der Waals surface area contributed by atoms with Crippen molar-refractivity contribution in [3.8, 4) is 0 Å². The van der Waals surface area contributed by atoms with E-state index in [1.54, 1.807) is 7.05 Å². The first-order valence-electron chi connectivity index (χ1n) is 8.74. The van der Waals surface area contributed by atoms with Crippen LogP contribution in [0.4, 0.5) is 5.69 Å². The number of rotatable bonds is 5. The Balaban J connectivity index is 1.41. The van der Waals surface area contributed by atoms with Gasteiger partial charge in [0.2, 0.25) is 5.91 Å². The molecule has 6 nitrogen and oxygen atoms in total. The second kappa shape index (κ2) is 8.19. The van der Waals surface area contributed by atoms with Crippen molar-refractivity contribution in [2.45, 2.75) is 50.9 Å². The Hall–Kier alpha value is -1.60. The third kappa shape index (κ3) is 4.73. The van der Waals surface area contributed by atoms with Gasteiger partial charge < -0.3 is 20.7 Å². The zero-order valence-corrected chi connectivity index (χ0v) is 16.2. The van der Waals surface area contributed by atoms with Gasteiger partial charge in [-0.2, -0.15) is 0 Å². The number of aryl methyl sites for hydroxylation is 1. The largest absolute Gasteiger partial charge is 0.373 e. The van der Waals surface area contributed by atoms with Crippen molar-refractivity contribution in [2.75, 3.05) is 18.9 Å². The lowest BCUT2D eigenvalue weighted by atomic mass is 9.96. The van der Waals surface area contributed by atoms with Gasteiger partial charge in [0.1, 0.15) is 0 Å². The van der Waals surface area contributed by atoms with Crippen LogP contribution in [0.1, 0.15) is 31.2 Å². The highest BCUT2D eigenvalue weighted by atomic mass is 79.9. The number of halogens is 1. The van der Waals surface area contributed by atoms with Gasteiger partial charge in [-0.1, -0.05) is 15.9 Å². The number of fused-ring (bicyclic) bond motifs is 2. The van der Waals surface area contributed by atoms with Gasteiger partial charge in [-0.3, -0.25) is 9.79 Å². The number of hydrogen-bond acceptors (Lipinski definition) is 3. The van der Waals surface area contributed by atoms with Crippen molar-refractivity contribution in [3.63, 3.8) is 0 Å². The Kier molecular flexibility index (Phi) is 5.96. The van der Waals surface area contributed by atoms with Gasteiger partial charge in [0.05, 0.1) is 18.2 Å². The van der Waals surface area contributed by atoms with Gasteiger partial charge >= 0.3 is 0 Å². The Bertz CT molecular complexity index is 664. The fourth-order valence-corrected chi connectivity index (χ4v) is 3.91. The number of anilines is 1. The summed E-state index contributed by atoms with van der Waals surface area (Å²) in [6, 6.07) is 6.13. The van der Waals surface area contributed by atoms with Crippen LogP contribution in [0.25, 0.3) is 0 Å². The van der Waals surface area contributed by atoms with Crippen molar-refractivity contribution in [2.24, 2.45) is 4.99 Å². The molecule has 3 unspecified atom stereocenters. The maximum atomic E-state index is 12.1. The molecule has 0 aromatic heterocycles. The number of carbonyl (C=O) groups excluding carboxylic acids is 1. The van der Waals surface area contributed by atoms with Gasteiger partial charge in [0, 0.05) is 30.2 Å².